The molecule has 0 bridgehead atoms. The highest BCUT2D eigenvalue weighted by atomic mass is 16.3. The first kappa shape index (κ1) is 31.2. The summed E-state index contributed by atoms with van der Waals surface area (Å²) in [5.74, 6) is 0. The lowest BCUT2D eigenvalue weighted by atomic mass is 9.96. The molecule has 0 fully saturated rings. The van der Waals surface area contributed by atoms with E-state index in [1.54, 1.807) is 0 Å². The van der Waals surface area contributed by atoms with Crippen LogP contribution in [0.4, 0.5) is 17.1 Å². The summed E-state index contributed by atoms with van der Waals surface area (Å²) in [6, 6.07) is 70.9. The molecule has 0 amide bonds. The van der Waals surface area contributed by atoms with E-state index in [4.69, 9.17) is 8.83 Å². The van der Waals surface area contributed by atoms with Gasteiger partial charge in [-0.3, -0.25) is 0 Å². The zero-order valence-corrected chi connectivity index (χ0v) is 29.8. The van der Waals surface area contributed by atoms with Crippen molar-refractivity contribution in [1.82, 2.24) is 0 Å². The van der Waals surface area contributed by atoms with Crippen LogP contribution < -0.4 is 4.90 Å². The fourth-order valence-corrected chi connectivity index (χ4v) is 8.20. The van der Waals surface area contributed by atoms with Gasteiger partial charge in [-0.15, -0.1) is 0 Å². The molecule has 9 aromatic carbocycles. The van der Waals surface area contributed by atoms with Crippen molar-refractivity contribution >= 4 is 71.7 Å². The highest BCUT2D eigenvalue weighted by Crippen LogP contribution is 2.45. The Bertz CT molecular complexity index is 3180. The molecule has 3 heteroatoms. The van der Waals surface area contributed by atoms with Gasteiger partial charge in [0.2, 0.25) is 0 Å². The smallest absolute Gasteiger partial charge is 0.143 e. The lowest BCUT2D eigenvalue weighted by molar-refractivity contribution is 0.669. The average Bonchev–Trinajstić information content (AvgIpc) is 3.82. The Morgan fingerprint density at radius 2 is 0.891 bits per heavy atom. The maximum Gasteiger partial charge on any atom is 0.143 e. The predicted octanol–water partition coefficient (Wildman–Crippen LogP) is 15.1. The first-order valence-electron chi connectivity index (χ1n) is 18.7. The summed E-state index contributed by atoms with van der Waals surface area (Å²) in [7, 11) is 0. The zero-order valence-electron chi connectivity index (χ0n) is 29.8. The molecule has 0 N–H and O–H groups in total. The van der Waals surface area contributed by atoms with Crippen LogP contribution in [0, 0.1) is 0 Å². The van der Waals surface area contributed by atoms with Gasteiger partial charge in [0.05, 0.1) is 5.69 Å². The quantitative estimate of drug-likeness (QED) is 0.173. The standard InChI is InChI=1S/C52H33NO2/c1-3-12-34(13-4-1)35-22-26-40(27-23-35)53(41-28-24-37(25-29-41)43-19-11-20-45-44-18-9-10-21-48(44)55-52(43)45)42-32-46(36-14-5-2-6-15-36)51-47-30-38-16-7-8-17-39(38)31-49(47)54-50(51)33-42/h1-33H. The van der Waals surface area contributed by atoms with E-state index in [-0.39, 0.29) is 0 Å². The third-order valence-electron chi connectivity index (χ3n) is 10.8. The second kappa shape index (κ2) is 12.6. The lowest BCUT2D eigenvalue weighted by Crippen LogP contribution is -2.10. The molecule has 258 valence electrons. The summed E-state index contributed by atoms with van der Waals surface area (Å²) in [6.07, 6.45) is 0. The normalized spacial score (nSPS) is 11.6. The lowest BCUT2D eigenvalue weighted by Gasteiger charge is -2.26. The van der Waals surface area contributed by atoms with Gasteiger partial charge in [0.1, 0.15) is 22.3 Å². The Morgan fingerprint density at radius 1 is 0.309 bits per heavy atom. The SMILES string of the molecule is c1ccc(-c2ccc(N(c3ccc(-c4cccc5c4oc4ccccc45)cc3)c3cc(-c4ccccc4)c4c(c3)oc3cc5ccccc5cc34)cc2)cc1. The van der Waals surface area contributed by atoms with Crippen LogP contribution in [-0.2, 0) is 0 Å². The van der Waals surface area contributed by atoms with Crippen molar-refractivity contribution in [3.63, 3.8) is 0 Å². The Labute approximate surface area is 317 Å². The molecular formula is C52H33NO2. The van der Waals surface area contributed by atoms with E-state index in [2.05, 4.69) is 193 Å². The summed E-state index contributed by atoms with van der Waals surface area (Å²) in [4.78, 5) is 2.33. The summed E-state index contributed by atoms with van der Waals surface area (Å²) in [5.41, 5.74) is 13.4. The van der Waals surface area contributed by atoms with Crippen molar-refractivity contribution in [3.05, 3.63) is 200 Å². The summed E-state index contributed by atoms with van der Waals surface area (Å²) >= 11 is 0. The summed E-state index contributed by atoms with van der Waals surface area (Å²) in [5, 5.41) is 6.84. The van der Waals surface area contributed by atoms with Crippen LogP contribution in [0.5, 0.6) is 0 Å². The van der Waals surface area contributed by atoms with Crippen LogP contribution in [0.25, 0.3) is 88.0 Å². The first-order valence-corrected chi connectivity index (χ1v) is 18.7. The van der Waals surface area contributed by atoms with Crippen LogP contribution in [0.2, 0.25) is 0 Å². The van der Waals surface area contributed by atoms with Crippen LogP contribution in [0.15, 0.2) is 209 Å². The molecular weight excluding hydrogens is 671 g/mol. The second-order valence-electron chi connectivity index (χ2n) is 14.1. The van der Waals surface area contributed by atoms with Gasteiger partial charge in [0, 0.05) is 44.5 Å². The largest absolute Gasteiger partial charge is 0.456 e. The van der Waals surface area contributed by atoms with Crippen molar-refractivity contribution < 1.29 is 8.83 Å². The van der Waals surface area contributed by atoms with Crippen molar-refractivity contribution in [2.75, 3.05) is 4.90 Å². The van der Waals surface area contributed by atoms with Crippen LogP contribution in [-0.4, -0.2) is 0 Å². The van der Waals surface area contributed by atoms with Gasteiger partial charge in [-0.25, -0.2) is 0 Å². The Morgan fingerprint density at radius 3 is 1.64 bits per heavy atom. The van der Waals surface area contributed by atoms with Gasteiger partial charge in [0.25, 0.3) is 0 Å². The number of fused-ring (bicyclic) bond motifs is 7. The molecule has 0 aliphatic heterocycles. The molecule has 3 nitrogen and oxygen atoms in total. The van der Waals surface area contributed by atoms with Crippen LogP contribution >= 0.6 is 0 Å². The summed E-state index contributed by atoms with van der Waals surface area (Å²) < 4.78 is 13.2. The molecule has 0 saturated carbocycles. The maximum atomic E-state index is 6.77. The number of para-hydroxylation sites is 2. The van der Waals surface area contributed by atoms with Gasteiger partial charge in [0.15, 0.2) is 0 Å². The van der Waals surface area contributed by atoms with Gasteiger partial charge < -0.3 is 13.7 Å². The van der Waals surface area contributed by atoms with E-state index in [9.17, 15) is 0 Å². The molecule has 0 aliphatic rings. The molecule has 0 spiro atoms. The van der Waals surface area contributed by atoms with E-state index in [1.165, 1.54) is 16.5 Å². The third-order valence-corrected chi connectivity index (χ3v) is 10.8. The van der Waals surface area contributed by atoms with Gasteiger partial charge >= 0.3 is 0 Å². The fraction of sp³-hybridized carbons (Fsp3) is 0. The number of nitrogens with zero attached hydrogens (tertiary/aromatic N) is 1. The molecule has 2 aromatic heterocycles. The molecule has 0 unspecified atom stereocenters. The molecule has 0 saturated heterocycles. The van der Waals surface area contributed by atoms with Crippen molar-refractivity contribution in [3.8, 4) is 33.4 Å². The highest BCUT2D eigenvalue weighted by molar-refractivity contribution is 6.17. The summed E-state index contributed by atoms with van der Waals surface area (Å²) in [6.45, 7) is 0. The molecule has 11 rings (SSSR count). The Hall–Kier alpha value is -7.36. The van der Waals surface area contributed by atoms with Crippen molar-refractivity contribution in [2.24, 2.45) is 0 Å². The fourth-order valence-electron chi connectivity index (χ4n) is 8.20. The first-order chi connectivity index (χ1) is 27.2. The van der Waals surface area contributed by atoms with E-state index in [1.807, 2.05) is 12.1 Å². The monoisotopic (exact) mass is 703 g/mol. The average molecular weight is 704 g/mol. The van der Waals surface area contributed by atoms with Gasteiger partial charge in [-0.1, -0.05) is 146 Å². The second-order valence-corrected chi connectivity index (χ2v) is 14.1. The van der Waals surface area contributed by atoms with E-state index in [0.717, 1.165) is 88.6 Å². The molecule has 0 radical (unpaired) electrons. The van der Waals surface area contributed by atoms with Crippen molar-refractivity contribution in [2.45, 2.75) is 0 Å². The van der Waals surface area contributed by atoms with E-state index in [0.29, 0.717) is 0 Å². The minimum absolute atomic E-state index is 0.848. The Kier molecular flexibility index (Phi) is 7.17. The minimum atomic E-state index is 0.848. The number of anilines is 3. The van der Waals surface area contributed by atoms with Crippen LogP contribution in [0.1, 0.15) is 0 Å². The predicted molar refractivity (Wildman–Crippen MR) is 229 cm³/mol. The molecule has 2 heterocycles. The van der Waals surface area contributed by atoms with Crippen molar-refractivity contribution in [1.29, 1.82) is 0 Å². The van der Waals surface area contributed by atoms with Gasteiger partial charge in [-0.05, 0) is 87.1 Å². The zero-order chi connectivity index (χ0) is 36.3. The molecule has 0 atom stereocenters. The van der Waals surface area contributed by atoms with E-state index >= 15 is 0 Å². The van der Waals surface area contributed by atoms with Crippen LogP contribution in [0.3, 0.4) is 0 Å². The maximum absolute atomic E-state index is 6.77. The Balaban J connectivity index is 1.11. The number of furan rings is 2. The van der Waals surface area contributed by atoms with Gasteiger partial charge in [-0.2, -0.15) is 0 Å². The third kappa shape index (κ3) is 5.28. The topological polar surface area (TPSA) is 29.5 Å². The number of benzene rings is 9. The minimum Gasteiger partial charge on any atom is -0.456 e. The number of hydrogen-bond donors (Lipinski definition) is 0. The highest BCUT2D eigenvalue weighted by Gasteiger charge is 2.21. The van der Waals surface area contributed by atoms with E-state index < -0.39 is 0 Å². The number of hydrogen-bond acceptors (Lipinski definition) is 3. The molecule has 0 aliphatic carbocycles. The molecule has 55 heavy (non-hydrogen) atoms. The number of rotatable bonds is 6. The molecule has 11 aromatic rings.